The number of rotatable bonds is 3. The molecule has 1 saturated carbocycles. The van der Waals surface area contributed by atoms with Gasteiger partial charge in [-0.15, -0.1) is 0 Å². The molecular formula is C16H18N2O2. The molecule has 4 nitrogen and oxygen atoms in total. The summed E-state index contributed by atoms with van der Waals surface area (Å²) in [6.07, 6.45) is 5.75. The predicted molar refractivity (Wildman–Crippen MR) is 75.4 cm³/mol. The maximum absolute atomic E-state index is 12.3. The third-order valence-corrected chi connectivity index (χ3v) is 4.53. The molecule has 2 fully saturated rings. The van der Waals surface area contributed by atoms with Crippen molar-refractivity contribution in [3.05, 3.63) is 29.3 Å². The van der Waals surface area contributed by atoms with Gasteiger partial charge in [-0.3, -0.25) is 14.5 Å². The average Bonchev–Trinajstić information content (AvgIpc) is 3.07. The van der Waals surface area contributed by atoms with Gasteiger partial charge in [0.25, 0.3) is 5.91 Å². The Bertz CT molecular complexity index is 592. The van der Waals surface area contributed by atoms with Gasteiger partial charge in [0, 0.05) is 11.7 Å². The van der Waals surface area contributed by atoms with E-state index in [9.17, 15) is 9.59 Å². The Labute approximate surface area is 118 Å². The number of anilines is 1. The van der Waals surface area contributed by atoms with E-state index in [1.165, 1.54) is 22.4 Å². The molecule has 2 aliphatic carbocycles. The molecule has 2 amide bonds. The molecule has 1 atom stereocenters. The molecule has 1 heterocycles. The van der Waals surface area contributed by atoms with Crippen molar-refractivity contribution >= 4 is 17.5 Å². The van der Waals surface area contributed by atoms with E-state index in [-0.39, 0.29) is 23.9 Å². The van der Waals surface area contributed by atoms with Crippen LogP contribution in [-0.2, 0) is 22.4 Å². The van der Waals surface area contributed by atoms with Gasteiger partial charge in [0.2, 0.25) is 5.91 Å². The fourth-order valence-electron chi connectivity index (χ4n) is 3.34. The van der Waals surface area contributed by atoms with Gasteiger partial charge in [-0.05, 0) is 55.4 Å². The van der Waals surface area contributed by atoms with Gasteiger partial charge < -0.3 is 5.32 Å². The van der Waals surface area contributed by atoms with Gasteiger partial charge in [-0.2, -0.15) is 0 Å². The number of likely N-dealkylation sites (tertiary alicyclic amines) is 1. The third kappa shape index (κ3) is 1.90. The van der Waals surface area contributed by atoms with Crippen LogP contribution < -0.4 is 5.32 Å². The van der Waals surface area contributed by atoms with Crippen LogP contribution in [0.5, 0.6) is 0 Å². The number of hydrogen-bond donors (Lipinski definition) is 1. The first-order chi connectivity index (χ1) is 9.72. The highest BCUT2D eigenvalue weighted by molar-refractivity contribution is 6.07. The highest BCUT2D eigenvalue weighted by atomic mass is 16.2. The van der Waals surface area contributed by atoms with Crippen molar-refractivity contribution in [3.8, 4) is 0 Å². The standard InChI is InChI=1S/C16H18N2O2/c19-15-9-14(16(20)18(15)13-6-7-13)17-12-5-4-10-2-1-3-11(10)8-12/h4-5,8,13-14,17H,1-3,6-7,9H2. The lowest BCUT2D eigenvalue weighted by atomic mass is 10.1. The minimum Gasteiger partial charge on any atom is -0.373 e. The van der Waals surface area contributed by atoms with Crippen molar-refractivity contribution in [2.45, 2.75) is 50.6 Å². The van der Waals surface area contributed by atoms with Crippen LogP contribution in [0, 0.1) is 0 Å². The van der Waals surface area contributed by atoms with E-state index in [2.05, 4.69) is 17.4 Å². The van der Waals surface area contributed by atoms with E-state index in [1.54, 1.807) is 0 Å². The Morgan fingerprint density at radius 3 is 2.70 bits per heavy atom. The third-order valence-electron chi connectivity index (χ3n) is 4.53. The number of benzene rings is 1. The fourth-order valence-corrected chi connectivity index (χ4v) is 3.34. The molecule has 4 rings (SSSR count). The van der Waals surface area contributed by atoms with Crippen molar-refractivity contribution in [1.29, 1.82) is 0 Å². The normalized spacial score (nSPS) is 25.2. The van der Waals surface area contributed by atoms with E-state index >= 15 is 0 Å². The second kappa shape index (κ2) is 4.33. The summed E-state index contributed by atoms with van der Waals surface area (Å²) < 4.78 is 0. The molecule has 4 heteroatoms. The highest BCUT2D eigenvalue weighted by Gasteiger charge is 2.46. The maximum atomic E-state index is 12.3. The smallest absolute Gasteiger partial charge is 0.252 e. The first kappa shape index (κ1) is 11.9. The molecule has 104 valence electrons. The molecule has 1 aromatic rings. The maximum Gasteiger partial charge on any atom is 0.252 e. The van der Waals surface area contributed by atoms with Crippen LogP contribution in [0.4, 0.5) is 5.69 Å². The van der Waals surface area contributed by atoms with Crippen LogP contribution in [-0.4, -0.2) is 28.8 Å². The summed E-state index contributed by atoms with van der Waals surface area (Å²) in [5.74, 6) is -0.0610. The summed E-state index contributed by atoms with van der Waals surface area (Å²) in [6, 6.07) is 6.12. The zero-order valence-electron chi connectivity index (χ0n) is 11.4. The van der Waals surface area contributed by atoms with Gasteiger partial charge in [-0.1, -0.05) is 6.07 Å². The van der Waals surface area contributed by atoms with Gasteiger partial charge in [0.15, 0.2) is 0 Å². The Hall–Kier alpha value is -1.84. The lowest BCUT2D eigenvalue weighted by Crippen LogP contribution is -2.36. The average molecular weight is 270 g/mol. The first-order valence-corrected chi connectivity index (χ1v) is 7.46. The molecule has 1 N–H and O–H groups in total. The zero-order valence-corrected chi connectivity index (χ0v) is 11.4. The first-order valence-electron chi connectivity index (χ1n) is 7.46. The monoisotopic (exact) mass is 270 g/mol. The molecule has 3 aliphatic rings. The van der Waals surface area contributed by atoms with Crippen LogP contribution >= 0.6 is 0 Å². The minimum atomic E-state index is -0.373. The van der Waals surface area contributed by atoms with Crippen molar-refractivity contribution < 1.29 is 9.59 Å². The lowest BCUT2D eigenvalue weighted by Gasteiger charge is -2.15. The SMILES string of the molecule is O=C1CC(Nc2ccc3c(c2)CCC3)C(=O)N1C1CC1. The number of nitrogens with one attached hydrogen (secondary N) is 1. The number of nitrogens with zero attached hydrogens (tertiary/aromatic N) is 1. The summed E-state index contributed by atoms with van der Waals surface area (Å²) in [5, 5.41) is 3.25. The van der Waals surface area contributed by atoms with Gasteiger partial charge >= 0.3 is 0 Å². The molecule has 1 unspecified atom stereocenters. The van der Waals surface area contributed by atoms with Crippen molar-refractivity contribution in [3.63, 3.8) is 0 Å². The number of amides is 2. The summed E-state index contributed by atoms with van der Waals surface area (Å²) >= 11 is 0. The predicted octanol–water partition coefficient (Wildman–Crippen LogP) is 1.88. The Morgan fingerprint density at radius 1 is 1.10 bits per heavy atom. The summed E-state index contributed by atoms with van der Waals surface area (Å²) in [7, 11) is 0. The van der Waals surface area contributed by atoms with E-state index < -0.39 is 0 Å². The van der Waals surface area contributed by atoms with E-state index in [4.69, 9.17) is 0 Å². The van der Waals surface area contributed by atoms with Crippen molar-refractivity contribution in [2.24, 2.45) is 0 Å². The summed E-state index contributed by atoms with van der Waals surface area (Å²) in [4.78, 5) is 25.7. The van der Waals surface area contributed by atoms with E-state index in [1.807, 2.05) is 6.07 Å². The van der Waals surface area contributed by atoms with Gasteiger partial charge in [-0.25, -0.2) is 0 Å². The molecule has 1 saturated heterocycles. The second-order valence-corrected chi connectivity index (χ2v) is 6.07. The fraction of sp³-hybridized carbons (Fsp3) is 0.500. The molecular weight excluding hydrogens is 252 g/mol. The molecule has 0 spiro atoms. The number of carbonyl (C=O) groups is 2. The number of fused-ring (bicyclic) bond motifs is 1. The number of imide groups is 1. The molecule has 0 bridgehead atoms. The number of aryl methyl sites for hydroxylation is 2. The number of hydrogen-bond acceptors (Lipinski definition) is 3. The minimum absolute atomic E-state index is 0.0174. The van der Waals surface area contributed by atoms with E-state index in [0.29, 0.717) is 6.42 Å². The Balaban J connectivity index is 1.52. The van der Waals surface area contributed by atoms with E-state index in [0.717, 1.165) is 31.4 Å². The molecule has 1 aromatic carbocycles. The summed E-state index contributed by atoms with van der Waals surface area (Å²) in [6.45, 7) is 0. The zero-order chi connectivity index (χ0) is 13.7. The van der Waals surface area contributed by atoms with Crippen LogP contribution in [0.3, 0.4) is 0 Å². The lowest BCUT2D eigenvalue weighted by molar-refractivity contribution is -0.139. The van der Waals surface area contributed by atoms with Gasteiger partial charge in [0.05, 0.1) is 6.42 Å². The molecule has 0 radical (unpaired) electrons. The number of carbonyl (C=O) groups excluding carboxylic acids is 2. The van der Waals surface area contributed by atoms with Crippen molar-refractivity contribution in [2.75, 3.05) is 5.32 Å². The molecule has 20 heavy (non-hydrogen) atoms. The van der Waals surface area contributed by atoms with Crippen LogP contribution in [0.2, 0.25) is 0 Å². The molecule has 0 aromatic heterocycles. The van der Waals surface area contributed by atoms with Crippen LogP contribution in [0.1, 0.15) is 36.8 Å². The quantitative estimate of drug-likeness (QED) is 0.853. The van der Waals surface area contributed by atoms with Gasteiger partial charge in [0.1, 0.15) is 6.04 Å². The molecule has 1 aliphatic heterocycles. The largest absolute Gasteiger partial charge is 0.373 e. The Kier molecular flexibility index (Phi) is 2.59. The van der Waals surface area contributed by atoms with Crippen LogP contribution in [0.25, 0.3) is 0 Å². The van der Waals surface area contributed by atoms with Crippen LogP contribution in [0.15, 0.2) is 18.2 Å². The highest BCUT2D eigenvalue weighted by Crippen LogP contribution is 2.33. The summed E-state index contributed by atoms with van der Waals surface area (Å²) in [5.41, 5.74) is 3.77. The topological polar surface area (TPSA) is 49.4 Å². The second-order valence-electron chi connectivity index (χ2n) is 6.07. The van der Waals surface area contributed by atoms with Crippen molar-refractivity contribution in [1.82, 2.24) is 4.90 Å². The Morgan fingerprint density at radius 2 is 1.90 bits per heavy atom.